The van der Waals surface area contributed by atoms with Crippen molar-refractivity contribution in [3.8, 4) is 17.1 Å². The van der Waals surface area contributed by atoms with Gasteiger partial charge < -0.3 is 10.6 Å². The van der Waals surface area contributed by atoms with Gasteiger partial charge in [-0.25, -0.2) is 9.07 Å². The van der Waals surface area contributed by atoms with Gasteiger partial charge in [0.2, 0.25) is 5.16 Å². The first-order valence-electron chi connectivity index (χ1n) is 7.00. The third kappa shape index (κ3) is 3.47. The maximum absolute atomic E-state index is 13.7. The van der Waals surface area contributed by atoms with Gasteiger partial charge in [0.1, 0.15) is 0 Å². The second-order valence-electron chi connectivity index (χ2n) is 4.94. The van der Waals surface area contributed by atoms with E-state index in [9.17, 15) is 4.39 Å². The van der Waals surface area contributed by atoms with Crippen molar-refractivity contribution >= 4 is 23.4 Å². The highest BCUT2D eigenvalue weighted by Crippen LogP contribution is 2.26. The fourth-order valence-electron chi connectivity index (χ4n) is 2.12. The summed E-state index contributed by atoms with van der Waals surface area (Å²) < 4.78 is 20.0. The standard InChI is InChI=1S/C16H14ClFN4OS/c1-23-14-7-2-10(8-13(14)18)9-24-16-21-20-15(22(16)19)11-3-5-12(17)6-4-11/h2-8H,9,19H2,1H3. The van der Waals surface area contributed by atoms with Gasteiger partial charge in [0, 0.05) is 16.3 Å². The molecule has 124 valence electrons. The third-order valence-corrected chi connectivity index (χ3v) is 4.62. The van der Waals surface area contributed by atoms with Gasteiger partial charge in [0.05, 0.1) is 7.11 Å². The summed E-state index contributed by atoms with van der Waals surface area (Å²) in [5.74, 6) is 6.93. The van der Waals surface area contributed by atoms with E-state index in [2.05, 4.69) is 10.2 Å². The molecule has 0 fully saturated rings. The molecule has 3 aromatic rings. The molecule has 1 aromatic heterocycles. The number of nitrogens with zero attached hydrogens (tertiary/aromatic N) is 3. The molecule has 8 heteroatoms. The molecule has 0 atom stereocenters. The number of methoxy groups -OCH3 is 1. The predicted octanol–water partition coefficient (Wildman–Crippen LogP) is 3.75. The molecule has 0 bridgehead atoms. The van der Waals surface area contributed by atoms with Crippen LogP contribution in [0.3, 0.4) is 0 Å². The van der Waals surface area contributed by atoms with Crippen molar-refractivity contribution in [3.63, 3.8) is 0 Å². The molecular weight excluding hydrogens is 351 g/mol. The Labute approximate surface area is 147 Å². The predicted molar refractivity (Wildman–Crippen MR) is 93.1 cm³/mol. The normalized spacial score (nSPS) is 10.8. The van der Waals surface area contributed by atoms with Gasteiger partial charge >= 0.3 is 0 Å². The van der Waals surface area contributed by atoms with E-state index in [0.29, 0.717) is 21.8 Å². The fraction of sp³-hybridized carbons (Fsp3) is 0.125. The van der Waals surface area contributed by atoms with Crippen LogP contribution in [0.15, 0.2) is 47.6 Å². The fourth-order valence-corrected chi connectivity index (χ4v) is 3.04. The zero-order valence-corrected chi connectivity index (χ0v) is 14.3. The summed E-state index contributed by atoms with van der Waals surface area (Å²) in [4.78, 5) is 0. The van der Waals surface area contributed by atoms with Crippen LogP contribution >= 0.6 is 23.4 Å². The van der Waals surface area contributed by atoms with E-state index < -0.39 is 5.82 Å². The van der Waals surface area contributed by atoms with Crippen LogP contribution in [0.25, 0.3) is 11.4 Å². The Hall–Kier alpha value is -2.25. The summed E-state index contributed by atoms with van der Waals surface area (Å²) in [7, 11) is 1.43. The first kappa shape index (κ1) is 16.6. The van der Waals surface area contributed by atoms with Gasteiger partial charge in [0.25, 0.3) is 0 Å². The summed E-state index contributed by atoms with van der Waals surface area (Å²) in [6, 6.07) is 12.0. The molecule has 3 rings (SSSR count). The monoisotopic (exact) mass is 364 g/mol. The third-order valence-electron chi connectivity index (χ3n) is 3.35. The molecule has 0 radical (unpaired) electrons. The molecule has 0 unspecified atom stereocenters. The van der Waals surface area contributed by atoms with Crippen molar-refractivity contribution in [2.24, 2.45) is 0 Å². The average molecular weight is 365 g/mol. The van der Waals surface area contributed by atoms with Gasteiger partial charge in [0.15, 0.2) is 17.4 Å². The summed E-state index contributed by atoms with van der Waals surface area (Å²) in [5.41, 5.74) is 1.62. The van der Waals surface area contributed by atoms with Crippen LogP contribution in [0.1, 0.15) is 5.56 Å². The number of rotatable bonds is 5. The lowest BCUT2D eigenvalue weighted by atomic mass is 10.2. The van der Waals surface area contributed by atoms with Crippen molar-refractivity contribution in [1.82, 2.24) is 14.9 Å². The zero-order valence-electron chi connectivity index (χ0n) is 12.7. The molecule has 2 aromatic carbocycles. The maximum atomic E-state index is 13.7. The Balaban J connectivity index is 1.75. The summed E-state index contributed by atoms with van der Waals surface area (Å²) in [6.45, 7) is 0. The molecule has 0 aliphatic heterocycles. The number of ether oxygens (including phenoxy) is 1. The lowest BCUT2D eigenvalue weighted by molar-refractivity contribution is 0.386. The molecule has 0 saturated heterocycles. The molecule has 0 spiro atoms. The quantitative estimate of drug-likeness (QED) is 0.551. The average Bonchev–Trinajstić information content (AvgIpc) is 2.95. The molecular formula is C16H14ClFN4OS. The van der Waals surface area contributed by atoms with E-state index in [-0.39, 0.29) is 5.75 Å². The lowest BCUT2D eigenvalue weighted by Crippen LogP contribution is -2.11. The minimum atomic E-state index is -0.397. The van der Waals surface area contributed by atoms with E-state index in [0.717, 1.165) is 11.1 Å². The zero-order chi connectivity index (χ0) is 17.1. The van der Waals surface area contributed by atoms with Crippen LogP contribution < -0.4 is 10.6 Å². The summed E-state index contributed by atoms with van der Waals surface area (Å²) in [6.07, 6.45) is 0. The van der Waals surface area contributed by atoms with Crippen LogP contribution in [-0.4, -0.2) is 22.0 Å². The molecule has 0 aliphatic rings. The highest BCUT2D eigenvalue weighted by molar-refractivity contribution is 7.98. The van der Waals surface area contributed by atoms with Gasteiger partial charge in [-0.3, -0.25) is 0 Å². The largest absolute Gasteiger partial charge is 0.494 e. The summed E-state index contributed by atoms with van der Waals surface area (Å²) in [5, 5.41) is 9.36. The van der Waals surface area contributed by atoms with Crippen LogP contribution in [0.5, 0.6) is 5.75 Å². The first-order valence-corrected chi connectivity index (χ1v) is 8.36. The van der Waals surface area contributed by atoms with Crippen molar-refractivity contribution < 1.29 is 9.13 Å². The van der Waals surface area contributed by atoms with Crippen molar-refractivity contribution in [1.29, 1.82) is 0 Å². The highest BCUT2D eigenvalue weighted by atomic mass is 35.5. The lowest BCUT2D eigenvalue weighted by Gasteiger charge is -2.06. The number of hydrogen-bond acceptors (Lipinski definition) is 5. The smallest absolute Gasteiger partial charge is 0.210 e. The molecule has 0 saturated carbocycles. The van der Waals surface area contributed by atoms with Crippen LogP contribution in [0.2, 0.25) is 5.02 Å². The Kier molecular flexibility index (Phi) is 4.92. The second-order valence-corrected chi connectivity index (χ2v) is 6.32. The van der Waals surface area contributed by atoms with E-state index in [1.165, 1.54) is 29.6 Å². The number of benzene rings is 2. The highest BCUT2D eigenvalue weighted by Gasteiger charge is 2.13. The van der Waals surface area contributed by atoms with Crippen molar-refractivity contribution in [2.45, 2.75) is 10.9 Å². The van der Waals surface area contributed by atoms with Crippen LogP contribution in [0, 0.1) is 5.82 Å². The number of aromatic nitrogens is 3. The molecule has 1 heterocycles. The molecule has 0 amide bonds. The van der Waals surface area contributed by atoms with E-state index in [1.807, 2.05) is 12.1 Å². The molecule has 5 nitrogen and oxygen atoms in total. The van der Waals surface area contributed by atoms with Gasteiger partial charge in [-0.2, -0.15) is 0 Å². The molecule has 2 N–H and O–H groups in total. The summed E-state index contributed by atoms with van der Waals surface area (Å²) >= 11 is 7.25. The minimum absolute atomic E-state index is 0.218. The maximum Gasteiger partial charge on any atom is 0.210 e. The Morgan fingerprint density at radius 2 is 1.96 bits per heavy atom. The Morgan fingerprint density at radius 1 is 1.21 bits per heavy atom. The second kappa shape index (κ2) is 7.11. The van der Waals surface area contributed by atoms with Crippen molar-refractivity contribution in [3.05, 3.63) is 58.9 Å². The number of thioether (sulfide) groups is 1. The van der Waals surface area contributed by atoms with Gasteiger partial charge in [-0.1, -0.05) is 29.4 Å². The number of nitrogens with two attached hydrogens (primary N) is 1. The van der Waals surface area contributed by atoms with Crippen LogP contribution in [0.4, 0.5) is 4.39 Å². The SMILES string of the molecule is COc1ccc(CSc2nnc(-c3ccc(Cl)cc3)n2N)cc1F. The Bertz CT molecular complexity index is 854. The minimum Gasteiger partial charge on any atom is -0.494 e. The van der Waals surface area contributed by atoms with E-state index >= 15 is 0 Å². The number of nitrogen functional groups attached to an aromatic ring is 1. The van der Waals surface area contributed by atoms with E-state index in [4.69, 9.17) is 22.2 Å². The van der Waals surface area contributed by atoms with E-state index in [1.54, 1.807) is 24.3 Å². The number of halogens is 2. The van der Waals surface area contributed by atoms with Gasteiger partial charge in [-0.05, 0) is 42.0 Å². The topological polar surface area (TPSA) is 66.0 Å². The first-order chi connectivity index (χ1) is 11.6. The molecule has 24 heavy (non-hydrogen) atoms. The van der Waals surface area contributed by atoms with Gasteiger partial charge in [-0.15, -0.1) is 10.2 Å². The Morgan fingerprint density at radius 3 is 2.62 bits per heavy atom. The molecule has 0 aliphatic carbocycles. The van der Waals surface area contributed by atoms with Crippen LogP contribution in [-0.2, 0) is 5.75 Å². The number of hydrogen-bond donors (Lipinski definition) is 1. The van der Waals surface area contributed by atoms with Crippen molar-refractivity contribution in [2.75, 3.05) is 13.0 Å².